The number of anilines is 1. The highest BCUT2D eigenvalue weighted by Crippen LogP contribution is 2.48. The lowest BCUT2D eigenvalue weighted by Gasteiger charge is -2.19. The monoisotopic (exact) mass is 273 g/mol. The summed E-state index contributed by atoms with van der Waals surface area (Å²) in [5, 5.41) is 2.68. The summed E-state index contributed by atoms with van der Waals surface area (Å²) in [4.78, 5) is 23.1. The van der Waals surface area contributed by atoms with E-state index in [1.165, 1.54) is 26.2 Å². The first-order chi connectivity index (χ1) is 9.61. The third-order valence-electron chi connectivity index (χ3n) is 4.43. The van der Waals surface area contributed by atoms with Crippen LogP contribution in [0.5, 0.6) is 5.75 Å². The Kier molecular flexibility index (Phi) is 3.47. The van der Waals surface area contributed by atoms with Crippen molar-refractivity contribution < 1.29 is 14.3 Å². The van der Waals surface area contributed by atoms with Crippen LogP contribution in [0.1, 0.15) is 32.6 Å². The summed E-state index contributed by atoms with van der Waals surface area (Å²) in [5.41, 5.74) is 0.706. The number of nitrogens with one attached hydrogen (secondary N) is 1. The van der Waals surface area contributed by atoms with Crippen LogP contribution in [0.25, 0.3) is 0 Å². The molecule has 0 radical (unpaired) electrons. The smallest absolute Gasteiger partial charge is 0.314 e. The number of carbonyl (C=O) groups is 2. The van der Waals surface area contributed by atoms with Crippen molar-refractivity contribution in [3.8, 4) is 5.75 Å². The molecule has 3 unspecified atom stereocenters. The number of benzene rings is 1. The fraction of sp³-hybridized carbons (Fsp3) is 0.500. The normalized spacial score (nSPS) is 27.4. The lowest BCUT2D eigenvalue weighted by atomic mass is 9.89. The Hall–Kier alpha value is -1.84. The molecule has 20 heavy (non-hydrogen) atoms. The molecule has 1 aromatic carbocycles. The molecule has 0 saturated heterocycles. The van der Waals surface area contributed by atoms with Gasteiger partial charge in [0.1, 0.15) is 5.75 Å². The SMILES string of the molecule is CC(=O)Nc1ccc(OC(=O)C2CC3CCC2C3)cc1. The van der Waals surface area contributed by atoms with Gasteiger partial charge in [-0.05, 0) is 55.4 Å². The molecular weight excluding hydrogens is 254 g/mol. The van der Waals surface area contributed by atoms with E-state index in [0.29, 0.717) is 17.4 Å². The summed E-state index contributed by atoms with van der Waals surface area (Å²) in [7, 11) is 0. The standard InChI is InChI=1S/C16H19NO3/c1-10(18)17-13-4-6-14(7-5-13)20-16(19)15-9-11-2-3-12(15)8-11/h4-7,11-12,15H,2-3,8-9H2,1H3,(H,17,18). The van der Waals surface area contributed by atoms with E-state index in [2.05, 4.69) is 5.32 Å². The number of fused-ring (bicyclic) bond motifs is 2. The van der Waals surface area contributed by atoms with Crippen LogP contribution in [0.15, 0.2) is 24.3 Å². The van der Waals surface area contributed by atoms with E-state index < -0.39 is 0 Å². The second-order valence-corrected chi connectivity index (χ2v) is 5.91. The topological polar surface area (TPSA) is 55.4 Å². The fourth-order valence-electron chi connectivity index (χ4n) is 3.53. The van der Waals surface area contributed by atoms with Gasteiger partial charge in [0.25, 0.3) is 0 Å². The highest BCUT2D eigenvalue weighted by molar-refractivity contribution is 5.88. The maximum absolute atomic E-state index is 12.2. The Bertz CT molecular complexity index is 523. The van der Waals surface area contributed by atoms with Crippen LogP contribution in [0.4, 0.5) is 5.69 Å². The van der Waals surface area contributed by atoms with Gasteiger partial charge in [0.05, 0.1) is 5.92 Å². The number of hydrogen-bond donors (Lipinski definition) is 1. The number of esters is 1. The molecular formula is C16H19NO3. The minimum Gasteiger partial charge on any atom is -0.426 e. The molecule has 4 heteroatoms. The van der Waals surface area contributed by atoms with Gasteiger partial charge in [-0.15, -0.1) is 0 Å². The summed E-state index contributed by atoms with van der Waals surface area (Å²) >= 11 is 0. The number of carbonyl (C=O) groups excluding carboxylic acids is 2. The molecule has 0 spiro atoms. The van der Waals surface area contributed by atoms with Crippen LogP contribution < -0.4 is 10.1 Å². The molecule has 2 aliphatic rings. The molecule has 0 aliphatic heterocycles. The van der Waals surface area contributed by atoms with Crippen molar-refractivity contribution in [1.82, 2.24) is 0 Å². The average molecular weight is 273 g/mol. The first-order valence-electron chi connectivity index (χ1n) is 7.21. The van der Waals surface area contributed by atoms with Gasteiger partial charge in [0.15, 0.2) is 0 Å². The van der Waals surface area contributed by atoms with Gasteiger partial charge in [-0.1, -0.05) is 6.42 Å². The molecule has 2 bridgehead atoms. The van der Waals surface area contributed by atoms with Gasteiger partial charge in [0.2, 0.25) is 5.91 Å². The molecule has 3 rings (SSSR count). The summed E-state index contributed by atoms with van der Waals surface area (Å²) in [5.74, 6) is 1.70. The average Bonchev–Trinajstić information content (AvgIpc) is 3.03. The third kappa shape index (κ3) is 2.69. The highest BCUT2D eigenvalue weighted by Gasteiger charge is 2.44. The Morgan fingerprint density at radius 3 is 2.45 bits per heavy atom. The van der Waals surface area contributed by atoms with Crippen molar-refractivity contribution in [3.05, 3.63) is 24.3 Å². The van der Waals surface area contributed by atoms with Gasteiger partial charge in [-0.2, -0.15) is 0 Å². The maximum atomic E-state index is 12.2. The first kappa shape index (κ1) is 13.2. The van der Waals surface area contributed by atoms with Crippen molar-refractivity contribution in [2.75, 3.05) is 5.32 Å². The highest BCUT2D eigenvalue weighted by atomic mass is 16.5. The summed E-state index contributed by atoms with van der Waals surface area (Å²) < 4.78 is 5.46. The minimum absolute atomic E-state index is 0.0868. The molecule has 2 aliphatic carbocycles. The van der Waals surface area contributed by atoms with Gasteiger partial charge in [-0.3, -0.25) is 9.59 Å². The lowest BCUT2D eigenvalue weighted by molar-refractivity contribution is -0.140. The third-order valence-corrected chi connectivity index (χ3v) is 4.43. The zero-order chi connectivity index (χ0) is 14.1. The zero-order valence-electron chi connectivity index (χ0n) is 11.6. The van der Waals surface area contributed by atoms with Crippen molar-refractivity contribution >= 4 is 17.6 Å². The molecule has 0 heterocycles. The van der Waals surface area contributed by atoms with Crippen molar-refractivity contribution in [3.63, 3.8) is 0 Å². The van der Waals surface area contributed by atoms with Crippen molar-refractivity contribution in [1.29, 1.82) is 0 Å². The second kappa shape index (κ2) is 5.27. The van der Waals surface area contributed by atoms with Crippen molar-refractivity contribution in [2.45, 2.75) is 32.6 Å². The van der Waals surface area contributed by atoms with E-state index in [9.17, 15) is 9.59 Å². The number of rotatable bonds is 3. The minimum atomic E-state index is -0.114. The van der Waals surface area contributed by atoms with Gasteiger partial charge in [0, 0.05) is 12.6 Å². The summed E-state index contributed by atoms with van der Waals surface area (Å²) in [6.45, 7) is 1.46. The van der Waals surface area contributed by atoms with E-state index >= 15 is 0 Å². The van der Waals surface area contributed by atoms with Gasteiger partial charge < -0.3 is 10.1 Å². The largest absolute Gasteiger partial charge is 0.426 e. The first-order valence-corrected chi connectivity index (χ1v) is 7.21. The Morgan fingerprint density at radius 2 is 1.90 bits per heavy atom. The molecule has 1 aromatic rings. The fourth-order valence-corrected chi connectivity index (χ4v) is 3.53. The summed E-state index contributed by atoms with van der Waals surface area (Å²) in [6, 6.07) is 6.92. The summed E-state index contributed by atoms with van der Waals surface area (Å²) in [6.07, 6.45) is 4.64. The second-order valence-electron chi connectivity index (χ2n) is 5.91. The molecule has 106 valence electrons. The zero-order valence-corrected chi connectivity index (χ0v) is 11.6. The molecule has 2 fully saturated rings. The number of hydrogen-bond acceptors (Lipinski definition) is 3. The van der Waals surface area contributed by atoms with Crippen LogP contribution in [0.2, 0.25) is 0 Å². The molecule has 1 amide bonds. The van der Waals surface area contributed by atoms with E-state index in [-0.39, 0.29) is 17.8 Å². The van der Waals surface area contributed by atoms with Crippen LogP contribution in [-0.2, 0) is 9.59 Å². The van der Waals surface area contributed by atoms with Crippen LogP contribution in [0, 0.1) is 17.8 Å². The van der Waals surface area contributed by atoms with Crippen molar-refractivity contribution in [2.24, 2.45) is 17.8 Å². The molecule has 2 saturated carbocycles. The van der Waals surface area contributed by atoms with Gasteiger partial charge >= 0.3 is 5.97 Å². The quantitative estimate of drug-likeness (QED) is 0.680. The molecule has 1 N–H and O–H groups in total. The number of ether oxygens (including phenoxy) is 1. The van der Waals surface area contributed by atoms with Crippen LogP contribution in [-0.4, -0.2) is 11.9 Å². The van der Waals surface area contributed by atoms with E-state index in [1.54, 1.807) is 24.3 Å². The molecule has 0 aromatic heterocycles. The van der Waals surface area contributed by atoms with E-state index in [4.69, 9.17) is 4.74 Å². The molecule has 4 nitrogen and oxygen atoms in total. The lowest BCUT2D eigenvalue weighted by Crippen LogP contribution is -2.25. The van der Waals surface area contributed by atoms with E-state index in [0.717, 1.165) is 12.3 Å². The van der Waals surface area contributed by atoms with Gasteiger partial charge in [-0.25, -0.2) is 0 Å². The Balaban J connectivity index is 1.60. The Morgan fingerprint density at radius 1 is 1.15 bits per heavy atom. The predicted molar refractivity (Wildman–Crippen MR) is 75.3 cm³/mol. The number of amides is 1. The maximum Gasteiger partial charge on any atom is 0.314 e. The van der Waals surface area contributed by atoms with E-state index in [1.807, 2.05) is 0 Å². The van der Waals surface area contributed by atoms with Crippen LogP contribution in [0.3, 0.4) is 0 Å². The molecule has 3 atom stereocenters. The van der Waals surface area contributed by atoms with Crippen LogP contribution >= 0.6 is 0 Å². The Labute approximate surface area is 118 Å². The predicted octanol–water partition coefficient (Wildman–Crippen LogP) is 2.99.